The zero-order valence-electron chi connectivity index (χ0n) is 5.49. The molecule has 0 N–H and O–H groups in total. The molecule has 0 aliphatic heterocycles. The van der Waals surface area contributed by atoms with Crippen LogP contribution < -0.4 is 0 Å². The number of rotatable bonds is 1. The summed E-state index contributed by atoms with van der Waals surface area (Å²) in [6.07, 6.45) is -2.50. The second-order valence-corrected chi connectivity index (χ2v) is 4.30. The predicted octanol–water partition coefficient (Wildman–Crippen LogP) is 4.31. The largest absolute Gasteiger partial charge is 0.265 e. The molecule has 0 amide bonds. The molecule has 0 atom stereocenters. The van der Waals surface area contributed by atoms with Crippen LogP contribution in [0, 0.1) is 0 Å². The highest BCUT2D eigenvalue weighted by molar-refractivity contribution is 9.13. The average molecular weight is 366 g/mol. The second-order valence-electron chi connectivity index (χ2n) is 1.94. The molecule has 1 heterocycles. The number of aromatic nitrogens is 1. The van der Waals surface area contributed by atoms with Crippen molar-refractivity contribution in [1.82, 2.24) is 4.98 Å². The van der Waals surface area contributed by atoms with Gasteiger partial charge in [0.2, 0.25) is 0 Å². The van der Waals surface area contributed by atoms with Crippen molar-refractivity contribution in [2.45, 2.75) is 6.43 Å². The van der Waals surface area contributed by atoms with Crippen molar-refractivity contribution in [3.8, 4) is 0 Å². The Hall–Kier alpha value is 0.450. The monoisotopic (exact) mass is 363 g/mol. The highest BCUT2D eigenvalue weighted by Gasteiger charge is 2.15. The van der Waals surface area contributed by atoms with Gasteiger partial charge >= 0.3 is 0 Å². The summed E-state index contributed by atoms with van der Waals surface area (Å²) in [5.74, 6) is 0. The van der Waals surface area contributed by atoms with E-state index in [9.17, 15) is 8.78 Å². The summed E-state index contributed by atoms with van der Waals surface area (Å²) in [5, 5.41) is 0. The Bertz CT molecular complexity index is 303. The van der Waals surface area contributed by atoms with Crippen LogP contribution in [0.1, 0.15) is 12.0 Å². The molecule has 0 saturated carbocycles. The van der Waals surface area contributed by atoms with Gasteiger partial charge in [0.25, 0.3) is 6.43 Å². The molecule has 0 aliphatic rings. The Morgan fingerprint density at radius 3 is 2.33 bits per heavy atom. The van der Waals surface area contributed by atoms with Gasteiger partial charge in [-0.25, -0.2) is 13.8 Å². The maximum atomic E-state index is 12.3. The third kappa shape index (κ3) is 2.23. The van der Waals surface area contributed by atoms with E-state index in [0.717, 1.165) is 0 Å². The number of hydrogen-bond acceptors (Lipinski definition) is 1. The van der Waals surface area contributed by atoms with Gasteiger partial charge in [0.15, 0.2) is 0 Å². The minimum absolute atomic E-state index is 0.0799. The van der Waals surface area contributed by atoms with Crippen LogP contribution in [0.25, 0.3) is 0 Å². The molecule has 0 fully saturated rings. The van der Waals surface area contributed by atoms with Gasteiger partial charge in [0.1, 0.15) is 9.21 Å². The Balaban J connectivity index is 3.28. The lowest BCUT2D eigenvalue weighted by molar-refractivity contribution is 0.150. The van der Waals surface area contributed by atoms with E-state index in [1.165, 1.54) is 6.07 Å². The minimum Gasteiger partial charge on any atom is -0.233 e. The lowest BCUT2D eigenvalue weighted by atomic mass is 10.3. The minimum atomic E-state index is -2.50. The van der Waals surface area contributed by atoms with Gasteiger partial charge in [-0.2, -0.15) is 0 Å². The molecule has 0 saturated heterocycles. The first-order valence-electron chi connectivity index (χ1n) is 2.82. The van der Waals surface area contributed by atoms with Gasteiger partial charge in [0.05, 0.1) is 4.47 Å². The topological polar surface area (TPSA) is 12.9 Å². The third-order valence-corrected chi connectivity index (χ3v) is 3.49. The van der Waals surface area contributed by atoms with Gasteiger partial charge in [-0.15, -0.1) is 0 Å². The quantitative estimate of drug-likeness (QED) is 0.676. The summed E-state index contributed by atoms with van der Waals surface area (Å²) >= 11 is 9.07. The van der Waals surface area contributed by atoms with E-state index in [1.807, 2.05) is 0 Å². The predicted molar refractivity (Wildman–Crippen MR) is 52.3 cm³/mol. The Morgan fingerprint density at radius 1 is 1.25 bits per heavy atom. The van der Waals surface area contributed by atoms with Gasteiger partial charge in [-0.1, -0.05) is 0 Å². The maximum absolute atomic E-state index is 12.3. The fraction of sp³-hybridized carbons (Fsp3) is 0.167. The van der Waals surface area contributed by atoms with E-state index in [1.54, 1.807) is 0 Å². The second kappa shape index (κ2) is 4.11. The standard InChI is InChI=1S/C6H2Br3F2N/c7-3-1-2(6(10)11)4(8)5(9)12-3/h1,6H. The summed E-state index contributed by atoms with van der Waals surface area (Å²) in [6, 6.07) is 1.28. The number of hydrogen-bond donors (Lipinski definition) is 0. The molecule has 6 heteroatoms. The first kappa shape index (κ1) is 10.5. The van der Waals surface area contributed by atoms with Crippen molar-refractivity contribution in [1.29, 1.82) is 0 Å². The summed E-state index contributed by atoms with van der Waals surface area (Å²) in [6.45, 7) is 0. The zero-order chi connectivity index (χ0) is 9.30. The molecule has 66 valence electrons. The molecule has 0 aliphatic carbocycles. The van der Waals surface area contributed by atoms with Crippen molar-refractivity contribution in [3.05, 3.63) is 25.3 Å². The molecule has 0 radical (unpaired) electrons. The fourth-order valence-corrected chi connectivity index (χ4v) is 2.10. The van der Waals surface area contributed by atoms with Gasteiger partial charge in [-0.05, 0) is 53.9 Å². The van der Waals surface area contributed by atoms with Crippen molar-refractivity contribution in [2.75, 3.05) is 0 Å². The van der Waals surface area contributed by atoms with Gasteiger partial charge in [-0.3, -0.25) is 0 Å². The van der Waals surface area contributed by atoms with Crippen molar-refractivity contribution < 1.29 is 8.78 Å². The molecular formula is C6H2Br3F2N. The summed E-state index contributed by atoms with van der Waals surface area (Å²) < 4.78 is 25.6. The first-order valence-corrected chi connectivity index (χ1v) is 5.20. The lowest BCUT2D eigenvalue weighted by Gasteiger charge is -2.04. The van der Waals surface area contributed by atoms with Crippen LogP contribution in [0.3, 0.4) is 0 Å². The van der Waals surface area contributed by atoms with Crippen molar-refractivity contribution >= 4 is 47.8 Å². The third-order valence-electron chi connectivity index (χ3n) is 1.15. The fourth-order valence-electron chi connectivity index (χ4n) is 0.645. The molecule has 1 aromatic heterocycles. The van der Waals surface area contributed by atoms with Crippen LogP contribution in [0.5, 0.6) is 0 Å². The van der Waals surface area contributed by atoms with Crippen LogP contribution in [0.4, 0.5) is 8.78 Å². The van der Waals surface area contributed by atoms with Gasteiger partial charge in [0, 0.05) is 5.56 Å². The number of pyridine rings is 1. The average Bonchev–Trinajstić information content (AvgIpc) is 1.96. The van der Waals surface area contributed by atoms with E-state index in [-0.39, 0.29) is 5.56 Å². The smallest absolute Gasteiger partial charge is 0.233 e. The van der Waals surface area contributed by atoms with Crippen molar-refractivity contribution in [2.24, 2.45) is 0 Å². The number of nitrogens with zero attached hydrogens (tertiary/aromatic N) is 1. The van der Waals surface area contributed by atoms with E-state index in [2.05, 4.69) is 52.8 Å². The molecule has 1 rings (SSSR count). The van der Waals surface area contributed by atoms with E-state index in [4.69, 9.17) is 0 Å². The maximum Gasteiger partial charge on any atom is 0.265 e. The first-order chi connectivity index (χ1) is 5.52. The van der Waals surface area contributed by atoms with Crippen LogP contribution in [0.2, 0.25) is 0 Å². The normalized spacial score (nSPS) is 10.8. The highest BCUT2D eigenvalue weighted by atomic mass is 79.9. The number of halogens is 5. The van der Waals surface area contributed by atoms with Crippen molar-refractivity contribution in [3.63, 3.8) is 0 Å². The van der Waals surface area contributed by atoms with E-state index >= 15 is 0 Å². The van der Waals surface area contributed by atoms with E-state index in [0.29, 0.717) is 13.7 Å². The summed E-state index contributed by atoms with van der Waals surface area (Å²) in [4.78, 5) is 3.87. The molecule has 1 nitrogen and oxygen atoms in total. The Kier molecular flexibility index (Phi) is 3.60. The molecule has 0 spiro atoms. The number of alkyl halides is 2. The highest BCUT2D eigenvalue weighted by Crippen LogP contribution is 2.33. The lowest BCUT2D eigenvalue weighted by Crippen LogP contribution is -1.90. The Labute approximate surface area is 92.9 Å². The molecular weight excluding hydrogens is 364 g/mol. The molecule has 0 aromatic carbocycles. The Morgan fingerprint density at radius 2 is 1.83 bits per heavy atom. The molecule has 0 unspecified atom stereocenters. The van der Waals surface area contributed by atoms with Crippen LogP contribution in [0.15, 0.2) is 19.7 Å². The van der Waals surface area contributed by atoms with Gasteiger partial charge < -0.3 is 0 Å². The van der Waals surface area contributed by atoms with Crippen LogP contribution in [-0.2, 0) is 0 Å². The molecule has 1 aromatic rings. The van der Waals surface area contributed by atoms with Crippen LogP contribution >= 0.6 is 47.8 Å². The zero-order valence-corrected chi connectivity index (χ0v) is 10.2. The SMILES string of the molecule is FC(F)c1cc(Br)nc(Br)c1Br. The summed E-state index contributed by atoms with van der Waals surface area (Å²) in [5.41, 5.74) is -0.0799. The summed E-state index contributed by atoms with van der Waals surface area (Å²) in [7, 11) is 0. The van der Waals surface area contributed by atoms with E-state index < -0.39 is 6.43 Å². The molecule has 12 heavy (non-hydrogen) atoms. The van der Waals surface area contributed by atoms with Crippen LogP contribution in [-0.4, -0.2) is 4.98 Å². The molecule has 0 bridgehead atoms.